The van der Waals surface area contributed by atoms with Crippen LogP contribution in [-0.4, -0.2) is 24.0 Å². The summed E-state index contributed by atoms with van der Waals surface area (Å²) in [6, 6.07) is 0.0676. The number of amides is 1. The van der Waals surface area contributed by atoms with Gasteiger partial charge in [-0.2, -0.15) is 0 Å². The van der Waals surface area contributed by atoms with Gasteiger partial charge in [0.1, 0.15) is 5.01 Å². The van der Waals surface area contributed by atoms with Crippen molar-refractivity contribution >= 4 is 17.2 Å². The first-order valence-electron chi connectivity index (χ1n) is 6.12. The van der Waals surface area contributed by atoms with E-state index in [2.05, 4.69) is 22.5 Å². The average Bonchev–Trinajstić information content (AvgIpc) is 2.76. The third-order valence-corrected chi connectivity index (χ3v) is 4.30. The van der Waals surface area contributed by atoms with Gasteiger partial charge in [0.2, 0.25) is 5.91 Å². The van der Waals surface area contributed by atoms with E-state index < -0.39 is 0 Å². The van der Waals surface area contributed by atoms with E-state index in [4.69, 9.17) is 0 Å². The normalized spacial score (nSPS) is 19.4. The summed E-state index contributed by atoms with van der Waals surface area (Å²) in [5.74, 6) is 0.729. The third-order valence-electron chi connectivity index (χ3n) is 3.41. The summed E-state index contributed by atoms with van der Waals surface area (Å²) in [4.78, 5) is 16.3. The van der Waals surface area contributed by atoms with E-state index in [1.54, 1.807) is 17.5 Å². The summed E-state index contributed by atoms with van der Waals surface area (Å²) in [7, 11) is 0. The Morgan fingerprint density at radius 3 is 2.94 bits per heavy atom. The smallest absolute Gasteiger partial charge is 0.223 e. The van der Waals surface area contributed by atoms with Crippen molar-refractivity contribution in [1.82, 2.24) is 15.6 Å². The van der Waals surface area contributed by atoms with Crippen LogP contribution in [0.3, 0.4) is 0 Å². The third kappa shape index (κ3) is 2.84. The number of thiazole rings is 1. The van der Waals surface area contributed by atoms with Gasteiger partial charge in [-0.25, -0.2) is 4.98 Å². The maximum Gasteiger partial charge on any atom is 0.223 e. The topological polar surface area (TPSA) is 54.0 Å². The SMILES string of the molecule is CCC(NC(=O)C(C)C1CNC1)c1nccs1. The van der Waals surface area contributed by atoms with Crippen LogP contribution in [0, 0.1) is 11.8 Å². The summed E-state index contributed by atoms with van der Waals surface area (Å²) in [5.41, 5.74) is 0. The molecule has 94 valence electrons. The first-order valence-corrected chi connectivity index (χ1v) is 7.00. The molecule has 1 amide bonds. The highest BCUT2D eigenvalue weighted by molar-refractivity contribution is 7.09. The molecule has 0 bridgehead atoms. The summed E-state index contributed by atoms with van der Waals surface area (Å²) < 4.78 is 0. The molecule has 2 unspecified atom stereocenters. The predicted molar refractivity (Wildman–Crippen MR) is 68.8 cm³/mol. The van der Waals surface area contributed by atoms with Gasteiger partial charge in [0.05, 0.1) is 6.04 Å². The number of aromatic nitrogens is 1. The second-order valence-corrected chi connectivity index (χ2v) is 5.47. The van der Waals surface area contributed by atoms with E-state index in [0.29, 0.717) is 5.92 Å². The Kier molecular flexibility index (Phi) is 4.12. The summed E-state index contributed by atoms with van der Waals surface area (Å²) in [6.45, 7) is 6.00. The zero-order valence-corrected chi connectivity index (χ0v) is 11.1. The fraction of sp³-hybridized carbons (Fsp3) is 0.667. The van der Waals surface area contributed by atoms with Crippen LogP contribution >= 0.6 is 11.3 Å². The standard InChI is InChI=1S/C12H19N3OS/c1-3-10(12-14-4-5-17-12)15-11(16)8(2)9-6-13-7-9/h4-5,8-10,13H,3,6-7H2,1-2H3,(H,15,16). The van der Waals surface area contributed by atoms with Crippen molar-refractivity contribution in [2.24, 2.45) is 11.8 Å². The van der Waals surface area contributed by atoms with Gasteiger partial charge in [-0.1, -0.05) is 13.8 Å². The molecule has 0 saturated carbocycles. The van der Waals surface area contributed by atoms with Crippen molar-refractivity contribution in [2.75, 3.05) is 13.1 Å². The highest BCUT2D eigenvalue weighted by atomic mass is 32.1. The minimum atomic E-state index is 0.0676. The van der Waals surface area contributed by atoms with E-state index in [1.165, 1.54) is 0 Å². The molecule has 0 radical (unpaired) electrons. The molecular formula is C12H19N3OS. The van der Waals surface area contributed by atoms with Gasteiger partial charge < -0.3 is 10.6 Å². The summed E-state index contributed by atoms with van der Waals surface area (Å²) >= 11 is 1.60. The number of carbonyl (C=O) groups excluding carboxylic acids is 1. The maximum atomic E-state index is 12.1. The zero-order valence-electron chi connectivity index (χ0n) is 10.3. The van der Waals surface area contributed by atoms with Gasteiger partial charge in [0, 0.05) is 17.5 Å². The molecule has 2 N–H and O–H groups in total. The number of rotatable bonds is 5. The van der Waals surface area contributed by atoms with E-state index in [1.807, 2.05) is 12.3 Å². The highest BCUT2D eigenvalue weighted by Gasteiger charge is 2.29. The second-order valence-electron chi connectivity index (χ2n) is 4.55. The lowest BCUT2D eigenvalue weighted by Crippen LogP contribution is -2.50. The van der Waals surface area contributed by atoms with Crippen LogP contribution in [-0.2, 0) is 4.79 Å². The van der Waals surface area contributed by atoms with Gasteiger partial charge in [0.25, 0.3) is 0 Å². The number of carbonyl (C=O) groups is 1. The quantitative estimate of drug-likeness (QED) is 0.837. The van der Waals surface area contributed by atoms with Crippen molar-refractivity contribution < 1.29 is 4.79 Å². The molecule has 0 aromatic carbocycles. The van der Waals surface area contributed by atoms with Crippen LogP contribution in [0.2, 0.25) is 0 Å². The Labute approximate surface area is 106 Å². The van der Waals surface area contributed by atoms with Gasteiger partial charge >= 0.3 is 0 Å². The Hall–Kier alpha value is -0.940. The van der Waals surface area contributed by atoms with E-state index in [-0.39, 0.29) is 17.9 Å². The number of nitrogens with one attached hydrogen (secondary N) is 2. The molecule has 1 aromatic heterocycles. The minimum absolute atomic E-state index is 0.0676. The largest absolute Gasteiger partial charge is 0.347 e. The molecule has 1 aliphatic rings. The lowest BCUT2D eigenvalue weighted by molar-refractivity contribution is -0.127. The Morgan fingerprint density at radius 2 is 2.47 bits per heavy atom. The van der Waals surface area contributed by atoms with Crippen LogP contribution in [0.5, 0.6) is 0 Å². The Balaban J connectivity index is 1.91. The minimum Gasteiger partial charge on any atom is -0.347 e. The Bertz CT molecular complexity index is 362. The van der Waals surface area contributed by atoms with Crippen molar-refractivity contribution in [3.63, 3.8) is 0 Å². The lowest BCUT2D eigenvalue weighted by Gasteiger charge is -2.32. The second kappa shape index (κ2) is 5.60. The van der Waals surface area contributed by atoms with Crippen molar-refractivity contribution in [3.8, 4) is 0 Å². The molecule has 1 aliphatic heterocycles. The van der Waals surface area contributed by atoms with Crippen LogP contribution in [0.15, 0.2) is 11.6 Å². The van der Waals surface area contributed by atoms with Crippen LogP contribution < -0.4 is 10.6 Å². The van der Waals surface area contributed by atoms with Gasteiger partial charge in [-0.3, -0.25) is 4.79 Å². The first-order chi connectivity index (χ1) is 8.22. The number of hydrogen-bond acceptors (Lipinski definition) is 4. The molecule has 17 heavy (non-hydrogen) atoms. The molecular weight excluding hydrogens is 234 g/mol. The van der Waals surface area contributed by atoms with Crippen molar-refractivity contribution in [3.05, 3.63) is 16.6 Å². The number of nitrogens with zero attached hydrogens (tertiary/aromatic N) is 1. The van der Waals surface area contributed by atoms with Crippen LogP contribution in [0.1, 0.15) is 31.3 Å². The molecule has 1 fully saturated rings. The summed E-state index contributed by atoms with van der Waals surface area (Å²) in [5, 5.41) is 9.25. The fourth-order valence-electron chi connectivity index (χ4n) is 1.93. The van der Waals surface area contributed by atoms with Crippen molar-refractivity contribution in [1.29, 1.82) is 0 Å². The Morgan fingerprint density at radius 1 is 1.71 bits per heavy atom. The lowest BCUT2D eigenvalue weighted by atomic mass is 9.88. The van der Waals surface area contributed by atoms with Crippen LogP contribution in [0.25, 0.3) is 0 Å². The monoisotopic (exact) mass is 253 g/mol. The molecule has 4 nitrogen and oxygen atoms in total. The molecule has 0 spiro atoms. The number of hydrogen-bond donors (Lipinski definition) is 2. The molecule has 2 heterocycles. The molecule has 2 atom stereocenters. The molecule has 5 heteroatoms. The maximum absolute atomic E-state index is 12.1. The summed E-state index contributed by atoms with van der Waals surface area (Å²) in [6.07, 6.45) is 2.67. The molecule has 0 aliphatic carbocycles. The van der Waals surface area contributed by atoms with Gasteiger partial charge in [-0.15, -0.1) is 11.3 Å². The fourth-order valence-corrected chi connectivity index (χ4v) is 2.70. The van der Waals surface area contributed by atoms with E-state index >= 15 is 0 Å². The first kappa shape index (κ1) is 12.5. The van der Waals surface area contributed by atoms with Crippen molar-refractivity contribution in [2.45, 2.75) is 26.3 Å². The van der Waals surface area contributed by atoms with Gasteiger partial charge in [-0.05, 0) is 25.4 Å². The molecule has 2 rings (SSSR count). The van der Waals surface area contributed by atoms with Gasteiger partial charge in [0.15, 0.2) is 0 Å². The molecule has 1 aromatic rings. The predicted octanol–water partition coefficient (Wildman–Crippen LogP) is 1.57. The highest BCUT2D eigenvalue weighted by Crippen LogP contribution is 2.21. The average molecular weight is 253 g/mol. The zero-order chi connectivity index (χ0) is 12.3. The molecule has 1 saturated heterocycles. The van der Waals surface area contributed by atoms with E-state index in [9.17, 15) is 4.79 Å². The van der Waals surface area contributed by atoms with E-state index in [0.717, 1.165) is 24.5 Å². The van der Waals surface area contributed by atoms with Crippen LogP contribution in [0.4, 0.5) is 0 Å².